The quantitative estimate of drug-likeness (QED) is 0.647. The van der Waals surface area contributed by atoms with Crippen molar-refractivity contribution in [2.24, 2.45) is 0 Å². The van der Waals surface area contributed by atoms with Crippen molar-refractivity contribution >= 4 is 5.97 Å². The molecule has 0 saturated carbocycles. The van der Waals surface area contributed by atoms with Crippen LogP contribution in [0.25, 0.3) is 0 Å². The van der Waals surface area contributed by atoms with Gasteiger partial charge in [0.05, 0.1) is 6.17 Å². The molecule has 0 aliphatic carbocycles. The highest BCUT2D eigenvalue weighted by Crippen LogP contribution is 2.07. The van der Waals surface area contributed by atoms with Crippen LogP contribution >= 0.6 is 0 Å². The molecular weight excluding hydrogens is 135 g/mol. The summed E-state index contributed by atoms with van der Waals surface area (Å²) >= 11 is 0. The lowest BCUT2D eigenvalue weighted by Crippen LogP contribution is -2.00. The first-order chi connectivity index (χ1) is 4.66. The molecule has 3 heteroatoms. The van der Waals surface area contributed by atoms with E-state index in [0.717, 1.165) is 0 Å². The maximum Gasteiger partial charge on any atom is 0.303 e. The summed E-state index contributed by atoms with van der Waals surface area (Å²) in [5, 5.41) is 8.18. The van der Waals surface area contributed by atoms with Crippen molar-refractivity contribution in [2.75, 3.05) is 0 Å². The highest BCUT2D eigenvalue weighted by molar-refractivity contribution is 5.66. The van der Waals surface area contributed by atoms with E-state index in [1.54, 1.807) is 6.92 Å². The Morgan fingerprint density at radius 3 is 2.70 bits per heavy atom. The molecule has 1 atom stereocenters. The van der Waals surface area contributed by atoms with Gasteiger partial charge >= 0.3 is 5.97 Å². The molecule has 0 aliphatic heterocycles. The van der Waals surface area contributed by atoms with Gasteiger partial charge in [-0.1, -0.05) is 6.92 Å². The molecule has 2 nitrogen and oxygen atoms in total. The van der Waals surface area contributed by atoms with E-state index in [0.29, 0.717) is 19.3 Å². The predicted molar refractivity (Wildman–Crippen MR) is 36.7 cm³/mol. The van der Waals surface area contributed by atoms with Crippen LogP contribution in [0, 0.1) is 0 Å². The molecule has 0 saturated heterocycles. The van der Waals surface area contributed by atoms with E-state index < -0.39 is 12.1 Å². The van der Waals surface area contributed by atoms with Crippen molar-refractivity contribution in [2.45, 2.75) is 38.8 Å². The molecule has 0 rings (SSSR count). The average molecular weight is 148 g/mol. The van der Waals surface area contributed by atoms with Crippen LogP contribution in [0.5, 0.6) is 0 Å². The van der Waals surface area contributed by atoms with Crippen LogP contribution in [-0.4, -0.2) is 17.2 Å². The van der Waals surface area contributed by atoms with Gasteiger partial charge in [-0.25, -0.2) is 4.39 Å². The Labute approximate surface area is 60.1 Å². The standard InChI is InChI=1S/C7H13FO2/c1-2-6(8)4-3-5-7(9)10/h6H,2-5H2,1H3,(H,9,10). The summed E-state index contributed by atoms with van der Waals surface area (Å²) in [7, 11) is 0. The number of hydrogen-bond acceptors (Lipinski definition) is 1. The van der Waals surface area contributed by atoms with Crippen molar-refractivity contribution in [3.05, 3.63) is 0 Å². The number of carboxylic acid groups (broad SMARTS) is 1. The summed E-state index contributed by atoms with van der Waals surface area (Å²) in [6.45, 7) is 1.76. The number of aliphatic carboxylic acids is 1. The second-order valence-electron chi connectivity index (χ2n) is 2.29. The molecule has 0 aliphatic rings. The van der Waals surface area contributed by atoms with Crippen LogP contribution in [0.3, 0.4) is 0 Å². The van der Waals surface area contributed by atoms with E-state index in [-0.39, 0.29) is 6.42 Å². The maximum absolute atomic E-state index is 12.4. The predicted octanol–water partition coefficient (Wildman–Crippen LogP) is 1.99. The van der Waals surface area contributed by atoms with E-state index in [1.165, 1.54) is 0 Å². The zero-order valence-corrected chi connectivity index (χ0v) is 6.14. The molecule has 0 aromatic heterocycles. The Morgan fingerprint density at radius 1 is 1.70 bits per heavy atom. The molecule has 60 valence electrons. The Kier molecular flexibility index (Phi) is 4.89. The summed E-state index contributed by atoms with van der Waals surface area (Å²) in [6, 6.07) is 0. The number of hydrogen-bond donors (Lipinski definition) is 1. The lowest BCUT2D eigenvalue weighted by molar-refractivity contribution is -0.137. The first-order valence-electron chi connectivity index (χ1n) is 3.52. The lowest BCUT2D eigenvalue weighted by Gasteiger charge is -2.01. The second-order valence-corrected chi connectivity index (χ2v) is 2.29. The third-order valence-electron chi connectivity index (χ3n) is 1.35. The first-order valence-corrected chi connectivity index (χ1v) is 3.52. The van der Waals surface area contributed by atoms with Gasteiger partial charge in [0.1, 0.15) is 0 Å². The highest BCUT2D eigenvalue weighted by atomic mass is 19.1. The van der Waals surface area contributed by atoms with E-state index in [2.05, 4.69) is 0 Å². The maximum atomic E-state index is 12.4. The molecule has 0 bridgehead atoms. The van der Waals surface area contributed by atoms with Crippen molar-refractivity contribution in [1.29, 1.82) is 0 Å². The summed E-state index contributed by atoms with van der Waals surface area (Å²) in [5.74, 6) is -0.844. The molecule has 0 heterocycles. The fraction of sp³-hybridized carbons (Fsp3) is 0.857. The largest absolute Gasteiger partial charge is 0.481 e. The molecule has 0 fully saturated rings. The molecule has 0 aromatic carbocycles. The number of carbonyl (C=O) groups is 1. The van der Waals surface area contributed by atoms with Crippen LogP contribution in [0.2, 0.25) is 0 Å². The first kappa shape index (κ1) is 9.40. The topological polar surface area (TPSA) is 37.3 Å². The van der Waals surface area contributed by atoms with Crippen molar-refractivity contribution in [1.82, 2.24) is 0 Å². The van der Waals surface area contributed by atoms with Crippen LogP contribution in [0.15, 0.2) is 0 Å². The van der Waals surface area contributed by atoms with Gasteiger partial charge in [0.15, 0.2) is 0 Å². The average Bonchev–Trinajstić information content (AvgIpc) is 1.87. The van der Waals surface area contributed by atoms with Gasteiger partial charge in [-0.05, 0) is 19.3 Å². The van der Waals surface area contributed by atoms with Crippen LogP contribution in [0.1, 0.15) is 32.6 Å². The number of rotatable bonds is 5. The van der Waals surface area contributed by atoms with Gasteiger partial charge in [0.2, 0.25) is 0 Å². The van der Waals surface area contributed by atoms with Crippen LogP contribution in [0.4, 0.5) is 4.39 Å². The van der Waals surface area contributed by atoms with Gasteiger partial charge in [0.25, 0.3) is 0 Å². The Morgan fingerprint density at radius 2 is 2.30 bits per heavy atom. The van der Waals surface area contributed by atoms with Gasteiger partial charge in [-0.15, -0.1) is 0 Å². The van der Waals surface area contributed by atoms with Crippen LogP contribution in [-0.2, 0) is 4.79 Å². The van der Waals surface area contributed by atoms with Gasteiger partial charge in [-0.2, -0.15) is 0 Å². The summed E-state index contributed by atoms with van der Waals surface area (Å²) in [6.07, 6.45) is 0.576. The molecule has 0 aromatic rings. The minimum absolute atomic E-state index is 0.0837. The fourth-order valence-corrected chi connectivity index (χ4v) is 0.679. The molecule has 0 spiro atoms. The highest BCUT2D eigenvalue weighted by Gasteiger charge is 2.03. The zero-order chi connectivity index (χ0) is 7.98. The van der Waals surface area contributed by atoms with E-state index in [1.807, 2.05) is 0 Å². The summed E-state index contributed by atoms with van der Waals surface area (Å²) in [4.78, 5) is 9.95. The molecule has 0 amide bonds. The minimum atomic E-state index is -0.844. The lowest BCUT2D eigenvalue weighted by atomic mass is 10.1. The van der Waals surface area contributed by atoms with Gasteiger partial charge in [-0.3, -0.25) is 4.79 Å². The van der Waals surface area contributed by atoms with Crippen molar-refractivity contribution in [3.63, 3.8) is 0 Å². The minimum Gasteiger partial charge on any atom is -0.481 e. The molecular formula is C7H13FO2. The monoisotopic (exact) mass is 148 g/mol. The van der Waals surface area contributed by atoms with E-state index in [9.17, 15) is 9.18 Å². The third kappa shape index (κ3) is 5.54. The van der Waals surface area contributed by atoms with Gasteiger partial charge in [0, 0.05) is 6.42 Å². The zero-order valence-electron chi connectivity index (χ0n) is 6.14. The summed E-state index contributed by atoms with van der Waals surface area (Å²) < 4.78 is 12.4. The van der Waals surface area contributed by atoms with Crippen LogP contribution < -0.4 is 0 Å². The SMILES string of the molecule is CCC(F)CCCC(=O)O. The molecule has 1 N–H and O–H groups in total. The number of alkyl halides is 1. The molecule has 10 heavy (non-hydrogen) atoms. The molecule has 1 unspecified atom stereocenters. The third-order valence-corrected chi connectivity index (χ3v) is 1.35. The normalized spacial score (nSPS) is 13.0. The Hall–Kier alpha value is -0.600. The van der Waals surface area contributed by atoms with E-state index >= 15 is 0 Å². The second kappa shape index (κ2) is 5.21. The van der Waals surface area contributed by atoms with Crippen molar-refractivity contribution < 1.29 is 14.3 Å². The summed E-state index contributed by atoms with van der Waals surface area (Å²) in [5.41, 5.74) is 0. The smallest absolute Gasteiger partial charge is 0.303 e. The number of halogens is 1. The fourth-order valence-electron chi connectivity index (χ4n) is 0.679. The van der Waals surface area contributed by atoms with E-state index in [4.69, 9.17) is 5.11 Å². The number of carboxylic acids is 1. The van der Waals surface area contributed by atoms with Crippen molar-refractivity contribution in [3.8, 4) is 0 Å². The Balaban J connectivity index is 3.11. The molecule has 0 radical (unpaired) electrons. The van der Waals surface area contributed by atoms with Gasteiger partial charge < -0.3 is 5.11 Å². The Bertz CT molecular complexity index is 104.